The first-order chi connectivity index (χ1) is 16.9. The van der Waals surface area contributed by atoms with Crippen molar-refractivity contribution in [3.63, 3.8) is 0 Å². The lowest BCUT2D eigenvalue weighted by Gasteiger charge is -2.26. The minimum Gasteiger partial charge on any atom is -0.382 e. The van der Waals surface area contributed by atoms with Gasteiger partial charge in [-0.15, -0.1) is 12.4 Å². The average molecular weight is 513 g/mol. The quantitative estimate of drug-likeness (QED) is 0.504. The molecule has 10 heteroatoms. The zero-order valence-electron chi connectivity index (χ0n) is 20.0. The van der Waals surface area contributed by atoms with Crippen LogP contribution in [-0.4, -0.2) is 54.1 Å². The zero-order valence-corrected chi connectivity index (χ0v) is 20.9. The van der Waals surface area contributed by atoms with E-state index in [1.165, 1.54) is 12.1 Å². The molecule has 3 N–H and O–H groups in total. The number of aromatic nitrogens is 4. The molecule has 0 atom stereocenters. The summed E-state index contributed by atoms with van der Waals surface area (Å²) in [6.45, 7) is 1.92. The summed E-state index contributed by atoms with van der Waals surface area (Å²) in [6.07, 6.45) is 6.42. The predicted octanol–water partition coefficient (Wildman–Crippen LogP) is 3.70. The number of aliphatic hydroxyl groups is 1. The van der Waals surface area contributed by atoms with Gasteiger partial charge in [0.15, 0.2) is 17.0 Å². The van der Waals surface area contributed by atoms with Crippen LogP contribution in [0.15, 0.2) is 24.3 Å². The molecule has 190 valence electrons. The van der Waals surface area contributed by atoms with Crippen molar-refractivity contribution < 1.29 is 14.3 Å². The molecular formula is C26H30ClFN6O2. The number of hydrogen-bond donors (Lipinski definition) is 2. The highest BCUT2D eigenvalue weighted by molar-refractivity contribution is 5.86. The normalized spacial score (nSPS) is 17.1. The van der Waals surface area contributed by atoms with Gasteiger partial charge in [0.1, 0.15) is 17.2 Å². The van der Waals surface area contributed by atoms with Crippen LogP contribution in [0.2, 0.25) is 0 Å². The number of carbonyl (C=O) groups excluding carboxylic acids is 1. The maximum atomic E-state index is 14.0. The summed E-state index contributed by atoms with van der Waals surface area (Å²) in [5.74, 6) is 6.62. The largest absolute Gasteiger partial charge is 0.382 e. The Morgan fingerprint density at radius 1 is 1.11 bits per heavy atom. The fraction of sp³-hybridized carbons (Fsp3) is 0.462. The van der Waals surface area contributed by atoms with E-state index in [4.69, 9.17) is 5.73 Å². The number of amides is 1. The number of benzene rings is 1. The van der Waals surface area contributed by atoms with Crippen LogP contribution >= 0.6 is 12.4 Å². The zero-order chi connectivity index (χ0) is 24.4. The molecule has 2 aliphatic rings. The van der Waals surface area contributed by atoms with Crippen LogP contribution in [0.5, 0.6) is 0 Å². The molecule has 1 aliphatic heterocycles. The van der Waals surface area contributed by atoms with E-state index >= 15 is 0 Å². The Morgan fingerprint density at radius 3 is 2.64 bits per heavy atom. The van der Waals surface area contributed by atoms with Crippen LogP contribution in [0.25, 0.3) is 22.6 Å². The lowest BCUT2D eigenvalue weighted by molar-refractivity contribution is -0.127. The molecule has 0 spiro atoms. The van der Waals surface area contributed by atoms with Gasteiger partial charge in [0.25, 0.3) is 0 Å². The topological polar surface area (TPSA) is 110 Å². The molecule has 1 saturated heterocycles. The molecule has 1 amide bonds. The Labute approximate surface area is 215 Å². The van der Waals surface area contributed by atoms with Crippen molar-refractivity contribution >= 4 is 35.3 Å². The molecule has 36 heavy (non-hydrogen) atoms. The standard InChI is InChI=1S/C26H29FN6O2.ClH/c27-19-8-4-7-18(17-19)24-31-22-23(28)29-20(10-13-26(35)11-2-1-3-12-26)30-25(22)33(24)16-6-15-32-14-5-9-21(32)34;/h4,7-8,17,35H,1-3,5-6,9,11-12,14-16H2,(H2,28,29,30);1H. The Balaban J connectivity index is 0.00000304. The van der Waals surface area contributed by atoms with Gasteiger partial charge in [-0.25, -0.2) is 19.3 Å². The summed E-state index contributed by atoms with van der Waals surface area (Å²) in [5, 5.41) is 10.7. The van der Waals surface area contributed by atoms with Crippen LogP contribution < -0.4 is 5.73 Å². The van der Waals surface area contributed by atoms with Crippen LogP contribution in [0.1, 0.15) is 57.2 Å². The third kappa shape index (κ3) is 5.45. The molecule has 1 saturated carbocycles. The monoisotopic (exact) mass is 512 g/mol. The van der Waals surface area contributed by atoms with Crippen molar-refractivity contribution in [3.05, 3.63) is 35.9 Å². The van der Waals surface area contributed by atoms with E-state index in [0.717, 1.165) is 32.2 Å². The van der Waals surface area contributed by atoms with E-state index in [2.05, 4.69) is 26.8 Å². The molecule has 3 aromatic rings. The maximum absolute atomic E-state index is 14.0. The minimum absolute atomic E-state index is 0. The van der Waals surface area contributed by atoms with Gasteiger partial charge >= 0.3 is 0 Å². The lowest BCUT2D eigenvalue weighted by atomic mass is 9.85. The van der Waals surface area contributed by atoms with Gasteiger partial charge in [-0.05, 0) is 56.6 Å². The average Bonchev–Trinajstić information content (AvgIpc) is 3.42. The number of likely N-dealkylation sites (tertiary alicyclic amines) is 1. The fourth-order valence-corrected chi connectivity index (χ4v) is 4.93. The lowest BCUT2D eigenvalue weighted by Crippen LogP contribution is -2.29. The first-order valence-electron chi connectivity index (χ1n) is 12.2. The molecule has 1 aliphatic carbocycles. The van der Waals surface area contributed by atoms with E-state index in [0.29, 0.717) is 61.3 Å². The third-order valence-corrected chi connectivity index (χ3v) is 6.77. The van der Waals surface area contributed by atoms with Crippen LogP contribution in [0.4, 0.5) is 10.2 Å². The van der Waals surface area contributed by atoms with Crippen molar-refractivity contribution in [3.8, 4) is 23.2 Å². The van der Waals surface area contributed by atoms with E-state index in [1.807, 2.05) is 9.47 Å². The Morgan fingerprint density at radius 2 is 1.92 bits per heavy atom. The Kier molecular flexibility index (Phi) is 7.76. The van der Waals surface area contributed by atoms with Crippen molar-refractivity contribution in [2.24, 2.45) is 0 Å². The van der Waals surface area contributed by atoms with Gasteiger partial charge in [-0.3, -0.25) is 4.79 Å². The number of halogens is 2. The van der Waals surface area contributed by atoms with E-state index in [9.17, 15) is 14.3 Å². The molecule has 0 unspecified atom stereocenters. The highest BCUT2D eigenvalue weighted by Gasteiger charge is 2.27. The van der Waals surface area contributed by atoms with Crippen LogP contribution in [-0.2, 0) is 11.3 Å². The number of nitrogens with two attached hydrogens (primary N) is 1. The van der Waals surface area contributed by atoms with Crippen molar-refractivity contribution in [1.82, 2.24) is 24.4 Å². The maximum Gasteiger partial charge on any atom is 0.222 e. The highest BCUT2D eigenvalue weighted by atomic mass is 35.5. The summed E-state index contributed by atoms with van der Waals surface area (Å²) >= 11 is 0. The van der Waals surface area contributed by atoms with Gasteiger partial charge in [-0.2, -0.15) is 0 Å². The Hall–Kier alpha value is -3.22. The number of carbonyl (C=O) groups is 1. The fourth-order valence-electron chi connectivity index (χ4n) is 4.93. The van der Waals surface area contributed by atoms with Gasteiger partial charge < -0.3 is 20.3 Å². The third-order valence-electron chi connectivity index (χ3n) is 6.77. The van der Waals surface area contributed by atoms with E-state index < -0.39 is 5.60 Å². The van der Waals surface area contributed by atoms with Gasteiger partial charge in [-0.1, -0.05) is 24.5 Å². The van der Waals surface area contributed by atoms with Crippen molar-refractivity contribution in [1.29, 1.82) is 0 Å². The molecular weight excluding hydrogens is 483 g/mol. The number of fused-ring (bicyclic) bond motifs is 1. The van der Waals surface area contributed by atoms with E-state index in [-0.39, 0.29) is 35.8 Å². The molecule has 5 rings (SSSR count). The number of imidazole rings is 1. The number of rotatable bonds is 5. The number of anilines is 1. The number of nitrogen functional groups attached to an aromatic ring is 1. The van der Waals surface area contributed by atoms with Crippen molar-refractivity contribution in [2.75, 3.05) is 18.8 Å². The van der Waals surface area contributed by atoms with E-state index in [1.54, 1.807) is 12.1 Å². The van der Waals surface area contributed by atoms with Crippen molar-refractivity contribution in [2.45, 2.75) is 63.5 Å². The second kappa shape index (κ2) is 10.8. The summed E-state index contributed by atoms with van der Waals surface area (Å²) in [7, 11) is 0. The first kappa shape index (κ1) is 25.9. The summed E-state index contributed by atoms with van der Waals surface area (Å²) in [6, 6.07) is 6.22. The number of nitrogens with zero attached hydrogens (tertiary/aromatic N) is 5. The van der Waals surface area contributed by atoms with Gasteiger partial charge in [0.2, 0.25) is 11.7 Å². The smallest absolute Gasteiger partial charge is 0.222 e. The molecule has 2 aromatic heterocycles. The highest BCUT2D eigenvalue weighted by Crippen LogP contribution is 2.29. The van der Waals surface area contributed by atoms with Crippen LogP contribution in [0.3, 0.4) is 0 Å². The second-order valence-corrected chi connectivity index (χ2v) is 9.38. The minimum atomic E-state index is -1.03. The Bertz CT molecular complexity index is 1330. The van der Waals surface area contributed by atoms with Crippen LogP contribution in [0, 0.1) is 17.7 Å². The second-order valence-electron chi connectivity index (χ2n) is 9.38. The predicted molar refractivity (Wildman–Crippen MR) is 138 cm³/mol. The van der Waals surface area contributed by atoms with Gasteiger partial charge in [0.05, 0.1) is 0 Å². The number of hydrogen-bond acceptors (Lipinski definition) is 6. The SMILES string of the molecule is Cl.Nc1nc(C#CC2(O)CCCCC2)nc2c1nc(-c1cccc(F)c1)n2CCCN1CCCC1=O. The summed E-state index contributed by atoms with van der Waals surface area (Å²) < 4.78 is 15.9. The molecule has 1 aromatic carbocycles. The number of aryl methyl sites for hydroxylation is 1. The van der Waals surface area contributed by atoms with Gasteiger partial charge in [0, 0.05) is 31.6 Å². The molecule has 0 radical (unpaired) electrons. The molecule has 3 heterocycles. The first-order valence-corrected chi connectivity index (χ1v) is 12.2. The summed E-state index contributed by atoms with van der Waals surface area (Å²) in [4.78, 5) is 27.5. The molecule has 2 fully saturated rings. The molecule has 0 bridgehead atoms. The molecule has 8 nitrogen and oxygen atoms in total. The summed E-state index contributed by atoms with van der Waals surface area (Å²) in [5.41, 5.74) is 6.75.